The van der Waals surface area contributed by atoms with Crippen molar-refractivity contribution in [1.82, 2.24) is 15.5 Å². The summed E-state index contributed by atoms with van der Waals surface area (Å²) in [6, 6.07) is 24.1. The highest BCUT2D eigenvalue weighted by molar-refractivity contribution is 6.00. The highest BCUT2D eigenvalue weighted by Gasteiger charge is 2.43. The largest absolute Gasteiger partial charge is 0.493 e. The lowest BCUT2D eigenvalue weighted by molar-refractivity contribution is -0.132. The number of guanidine groups is 1. The zero-order valence-electron chi connectivity index (χ0n) is 22.0. The predicted octanol–water partition coefficient (Wildman–Crippen LogP) is 5.20. The van der Waals surface area contributed by atoms with Gasteiger partial charge in [0.2, 0.25) is 5.91 Å². The van der Waals surface area contributed by atoms with E-state index in [2.05, 4.69) is 24.5 Å². The van der Waals surface area contributed by atoms with Crippen molar-refractivity contribution in [3.05, 3.63) is 101 Å². The number of hydrogen-bond acceptors (Lipinski definition) is 4. The lowest BCUT2D eigenvalue weighted by Crippen LogP contribution is -2.63. The summed E-state index contributed by atoms with van der Waals surface area (Å²) >= 11 is 0. The SMILES string of the molecule is CC(C)[C@]1(C)CC(=O)N([C@H](c2ccccc2)c2cccc(C(=O)N[C@@H]3CCOc4ccccc43)c2)C(=N)N1. The molecule has 3 N–H and O–H groups in total. The zero-order chi connectivity index (χ0) is 26.9. The summed E-state index contributed by atoms with van der Waals surface area (Å²) in [5.41, 5.74) is 2.62. The molecule has 5 rings (SSSR count). The molecule has 0 unspecified atom stereocenters. The summed E-state index contributed by atoms with van der Waals surface area (Å²) in [4.78, 5) is 28.5. The molecule has 1 saturated heterocycles. The second-order valence-corrected chi connectivity index (χ2v) is 10.6. The van der Waals surface area contributed by atoms with Crippen LogP contribution in [0.4, 0.5) is 0 Å². The van der Waals surface area contributed by atoms with E-state index in [9.17, 15) is 9.59 Å². The summed E-state index contributed by atoms with van der Waals surface area (Å²) in [6.07, 6.45) is 0.967. The van der Waals surface area contributed by atoms with Gasteiger partial charge in [-0.25, -0.2) is 0 Å². The normalized spacial score (nSPS) is 21.8. The fourth-order valence-corrected chi connectivity index (χ4v) is 5.23. The number of hydrogen-bond donors (Lipinski definition) is 3. The van der Waals surface area contributed by atoms with Gasteiger partial charge in [0, 0.05) is 23.1 Å². The van der Waals surface area contributed by atoms with Crippen LogP contribution in [-0.4, -0.2) is 34.8 Å². The number of fused-ring (bicyclic) bond motifs is 1. The van der Waals surface area contributed by atoms with E-state index in [-0.39, 0.29) is 36.2 Å². The molecule has 38 heavy (non-hydrogen) atoms. The van der Waals surface area contributed by atoms with Gasteiger partial charge in [-0.15, -0.1) is 0 Å². The molecule has 0 aromatic heterocycles. The number of nitrogens with one attached hydrogen (secondary N) is 3. The Morgan fingerprint density at radius 3 is 2.50 bits per heavy atom. The van der Waals surface area contributed by atoms with Gasteiger partial charge in [-0.2, -0.15) is 0 Å². The number of nitrogens with zero attached hydrogens (tertiary/aromatic N) is 1. The van der Waals surface area contributed by atoms with Crippen LogP contribution >= 0.6 is 0 Å². The Labute approximate surface area is 223 Å². The van der Waals surface area contributed by atoms with E-state index < -0.39 is 11.6 Å². The molecule has 7 heteroatoms. The first-order valence-corrected chi connectivity index (χ1v) is 13.1. The summed E-state index contributed by atoms with van der Waals surface area (Å²) < 4.78 is 5.74. The molecule has 0 bridgehead atoms. The third-order valence-electron chi connectivity index (χ3n) is 7.81. The van der Waals surface area contributed by atoms with Crippen LogP contribution in [0.1, 0.15) is 72.7 Å². The topological polar surface area (TPSA) is 94.5 Å². The van der Waals surface area contributed by atoms with Gasteiger partial charge in [0.25, 0.3) is 5.91 Å². The Morgan fingerprint density at radius 1 is 1.05 bits per heavy atom. The Hall–Kier alpha value is -4.13. The molecule has 1 fully saturated rings. The van der Waals surface area contributed by atoms with E-state index in [0.717, 1.165) is 22.4 Å². The van der Waals surface area contributed by atoms with Gasteiger partial charge < -0.3 is 15.4 Å². The number of para-hydroxylation sites is 1. The van der Waals surface area contributed by atoms with Crippen molar-refractivity contribution in [1.29, 1.82) is 5.41 Å². The van der Waals surface area contributed by atoms with Crippen LogP contribution in [0.5, 0.6) is 5.75 Å². The molecule has 0 spiro atoms. The van der Waals surface area contributed by atoms with Gasteiger partial charge >= 0.3 is 0 Å². The first kappa shape index (κ1) is 25.5. The average molecular weight is 511 g/mol. The molecule has 3 aromatic carbocycles. The van der Waals surface area contributed by atoms with Crippen LogP contribution in [-0.2, 0) is 4.79 Å². The molecule has 3 aromatic rings. The van der Waals surface area contributed by atoms with E-state index in [4.69, 9.17) is 10.1 Å². The molecular formula is C31H34N4O3. The minimum Gasteiger partial charge on any atom is -0.493 e. The van der Waals surface area contributed by atoms with E-state index in [1.165, 1.54) is 4.90 Å². The van der Waals surface area contributed by atoms with Gasteiger partial charge in [0.1, 0.15) is 5.75 Å². The Kier molecular flexibility index (Phi) is 6.93. The summed E-state index contributed by atoms with van der Waals surface area (Å²) in [7, 11) is 0. The second-order valence-electron chi connectivity index (χ2n) is 10.6. The summed E-state index contributed by atoms with van der Waals surface area (Å²) in [5, 5.41) is 15.3. The first-order chi connectivity index (χ1) is 18.3. The average Bonchev–Trinajstić information content (AvgIpc) is 2.91. The third-order valence-corrected chi connectivity index (χ3v) is 7.81. The molecule has 196 valence electrons. The van der Waals surface area contributed by atoms with E-state index in [0.29, 0.717) is 18.6 Å². The molecule has 3 atom stereocenters. The molecule has 2 amide bonds. The molecule has 0 aliphatic carbocycles. The molecule has 0 radical (unpaired) electrons. The highest BCUT2D eigenvalue weighted by Crippen LogP contribution is 2.35. The van der Waals surface area contributed by atoms with Crippen LogP contribution in [0.2, 0.25) is 0 Å². The van der Waals surface area contributed by atoms with Crippen molar-refractivity contribution in [2.24, 2.45) is 5.92 Å². The smallest absolute Gasteiger partial charge is 0.251 e. The quantitative estimate of drug-likeness (QED) is 0.425. The Bertz CT molecular complexity index is 1340. The molecule has 2 aliphatic rings. The van der Waals surface area contributed by atoms with Crippen LogP contribution in [0.3, 0.4) is 0 Å². The van der Waals surface area contributed by atoms with Gasteiger partial charge in [0.15, 0.2) is 5.96 Å². The van der Waals surface area contributed by atoms with Gasteiger partial charge in [-0.3, -0.25) is 19.9 Å². The number of amides is 2. The first-order valence-electron chi connectivity index (χ1n) is 13.1. The van der Waals surface area contributed by atoms with Crippen molar-refractivity contribution in [2.75, 3.05) is 6.61 Å². The van der Waals surface area contributed by atoms with Gasteiger partial charge in [-0.1, -0.05) is 74.5 Å². The number of rotatable bonds is 6. The lowest BCUT2D eigenvalue weighted by Gasteiger charge is -2.45. The molecule has 2 aliphatic heterocycles. The van der Waals surface area contributed by atoms with Crippen molar-refractivity contribution in [2.45, 2.75) is 51.2 Å². The zero-order valence-corrected chi connectivity index (χ0v) is 22.0. The maximum Gasteiger partial charge on any atom is 0.251 e. The van der Waals surface area contributed by atoms with Crippen molar-refractivity contribution >= 4 is 17.8 Å². The Balaban J connectivity index is 1.46. The minimum absolute atomic E-state index is 0.0694. The Morgan fingerprint density at radius 2 is 1.76 bits per heavy atom. The van der Waals surface area contributed by atoms with Crippen LogP contribution in [0, 0.1) is 11.3 Å². The maximum absolute atomic E-state index is 13.6. The number of ether oxygens (including phenoxy) is 1. The molecule has 0 saturated carbocycles. The van der Waals surface area contributed by atoms with Crippen LogP contribution < -0.4 is 15.4 Å². The van der Waals surface area contributed by atoms with Crippen molar-refractivity contribution in [3.8, 4) is 5.75 Å². The third kappa shape index (κ3) is 4.88. The fraction of sp³-hybridized carbons (Fsp3) is 0.323. The minimum atomic E-state index is -0.544. The number of benzene rings is 3. The van der Waals surface area contributed by atoms with Crippen molar-refractivity contribution in [3.63, 3.8) is 0 Å². The predicted molar refractivity (Wildman–Crippen MR) is 147 cm³/mol. The van der Waals surface area contributed by atoms with E-state index >= 15 is 0 Å². The fourth-order valence-electron chi connectivity index (χ4n) is 5.23. The van der Waals surface area contributed by atoms with Gasteiger partial charge in [-0.05, 0) is 42.2 Å². The number of carbonyl (C=O) groups is 2. The summed E-state index contributed by atoms with van der Waals surface area (Å²) in [5.74, 6) is 0.731. The molecular weight excluding hydrogens is 476 g/mol. The summed E-state index contributed by atoms with van der Waals surface area (Å²) in [6.45, 7) is 6.63. The van der Waals surface area contributed by atoms with Gasteiger partial charge in [0.05, 0.1) is 25.1 Å². The molecule has 2 heterocycles. The monoisotopic (exact) mass is 510 g/mol. The lowest BCUT2D eigenvalue weighted by atomic mass is 9.82. The highest BCUT2D eigenvalue weighted by atomic mass is 16.5. The van der Waals surface area contributed by atoms with Crippen LogP contribution in [0.15, 0.2) is 78.9 Å². The number of carbonyl (C=O) groups excluding carboxylic acids is 2. The standard InChI is InChI=1S/C31H34N4O3/c1-20(2)31(3)19-27(36)35(30(32)34-31)28(21-10-5-4-6-11-21)22-12-9-13-23(18-22)29(37)33-25-16-17-38-26-15-8-7-14-24(25)26/h4-15,18,20,25,28H,16-17,19H2,1-3H3,(H2,32,34)(H,33,37)/t25-,28-,31+/m1/s1. The van der Waals surface area contributed by atoms with Crippen LogP contribution in [0.25, 0.3) is 0 Å². The molecule has 7 nitrogen and oxygen atoms in total. The van der Waals surface area contributed by atoms with E-state index in [1.54, 1.807) is 6.07 Å². The van der Waals surface area contributed by atoms with Crippen molar-refractivity contribution < 1.29 is 14.3 Å². The van der Waals surface area contributed by atoms with E-state index in [1.807, 2.05) is 79.7 Å². The maximum atomic E-state index is 13.6. The second kappa shape index (κ2) is 10.3.